The maximum Gasteiger partial charge on any atom is 0.519 e. The van der Waals surface area contributed by atoms with Crippen LogP contribution in [0, 0.1) is 19.8 Å². The van der Waals surface area contributed by atoms with Crippen molar-refractivity contribution < 1.29 is 41.2 Å². The minimum atomic E-state index is -3.97. The van der Waals surface area contributed by atoms with E-state index in [0.717, 1.165) is 0 Å². The van der Waals surface area contributed by atoms with Gasteiger partial charge in [0.1, 0.15) is 12.4 Å². The Morgan fingerprint density at radius 3 is 2.07 bits per heavy atom. The molecule has 0 aliphatic rings. The van der Waals surface area contributed by atoms with Crippen molar-refractivity contribution >= 4 is 13.6 Å². The topological polar surface area (TPSA) is 160 Å². The third-order valence-corrected chi connectivity index (χ3v) is 5.43. The summed E-state index contributed by atoms with van der Waals surface area (Å²) in [7, 11) is -3.97. The summed E-state index contributed by atoms with van der Waals surface area (Å²) in [6.07, 6.45) is 0.0794. The first-order chi connectivity index (χ1) is 13.1. The molecule has 28 heavy (non-hydrogen) atoms. The van der Waals surface area contributed by atoms with Gasteiger partial charge in [0, 0.05) is 6.42 Å². The lowest BCUT2D eigenvalue weighted by atomic mass is 10.1. The molecule has 0 bridgehead atoms. The summed E-state index contributed by atoms with van der Waals surface area (Å²) in [4.78, 5) is 43.5. The Kier molecular flexibility index (Phi) is 7.22. The molecule has 2 atom stereocenters. The molecule has 0 aliphatic carbocycles. The van der Waals surface area contributed by atoms with E-state index in [1.807, 2.05) is 0 Å². The molecule has 0 saturated heterocycles. The van der Waals surface area contributed by atoms with Gasteiger partial charge in [-0.2, -0.15) is 0 Å². The minimum absolute atomic E-state index is 0.00197. The van der Waals surface area contributed by atoms with Crippen molar-refractivity contribution in [1.29, 1.82) is 0 Å². The first-order valence-corrected chi connectivity index (χ1v) is 10.1. The highest BCUT2D eigenvalue weighted by atomic mass is 31.2. The van der Waals surface area contributed by atoms with Gasteiger partial charge in [0.15, 0.2) is 23.9 Å². The van der Waals surface area contributed by atoms with E-state index in [1.54, 1.807) is 6.92 Å². The van der Waals surface area contributed by atoms with Gasteiger partial charge in [0.05, 0.1) is 6.16 Å². The zero-order valence-corrected chi connectivity index (χ0v) is 16.5. The van der Waals surface area contributed by atoms with E-state index in [9.17, 15) is 23.8 Å². The van der Waals surface area contributed by atoms with Crippen molar-refractivity contribution in [3.8, 4) is 0 Å². The van der Waals surface area contributed by atoms with E-state index in [1.165, 1.54) is 13.8 Å². The second-order valence-corrected chi connectivity index (χ2v) is 8.16. The quantitative estimate of drug-likeness (QED) is 0.443. The van der Waals surface area contributed by atoms with Gasteiger partial charge < -0.3 is 31.8 Å². The predicted molar refractivity (Wildman–Crippen MR) is 91.6 cm³/mol. The molecule has 156 valence electrons. The molecule has 2 rings (SSSR count). The fourth-order valence-electron chi connectivity index (χ4n) is 2.29. The first kappa shape index (κ1) is 21.9. The van der Waals surface area contributed by atoms with Crippen molar-refractivity contribution in [2.75, 3.05) is 6.16 Å². The van der Waals surface area contributed by atoms with E-state index in [2.05, 4.69) is 8.83 Å². The number of hydrogen-bond donors (Lipinski definition) is 1. The number of hydrogen-bond acceptors (Lipinski definition) is 10. The molecular formula is C16H21O11P. The molecule has 1 N–H and O–H groups in total. The number of aryl methyl sites for hydroxylation is 2. The molecule has 2 unspecified atom stereocenters. The van der Waals surface area contributed by atoms with E-state index < -0.39 is 25.2 Å². The van der Waals surface area contributed by atoms with Crippen molar-refractivity contribution in [1.82, 2.24) is 0 Å². The number of esters is 1. The molecule has 12 heteroatoms. The summed E-state index contributed by atoms with van der Waals surface area (Å²) in [5.74, 6) is -2.11. The summed E-state index contributed by atoms with van der Waals surface area (Å²) >= 11 is 0. The van der Waals surface area contributed by atoms with Crippen LogP contribution in [0.1, 0.15) is 42.8 Å². The van der Waals surface area contributed by atoms with Gasteiger partial charge in [-0.05, 0) is 26.2 Å². The Labute approximate surface area is 158 Å². The van der Waals surface area contributed by atoms with E-state index >= 15 is 0 Å². The van der Waals surface area contributed by atoms with Gasteiger partial charge in [-0.1, -0.05) is 6.92 Å². The van der Waals surface area contributed by atoms with Crippen LogP contribution in [0.2, 0.25) is 0 Å². The van der Waals surface area contributed by atoms with Crippen molar-refractivity contribution in [3.63, 3.8) is 0 Å². The molecule has 0 amide bonds. The number of carbonyl (C=O) groups excluding carboxylic acids is 1. The fraction of sp³-hybridized carbons (Fsp3) is 0.562. The van der Waals surface area contributed by atoms with Crippen molar-refractivity contribution in [2.45, 2.75) is 46.8 Å². The Morgan fingerprint density at radius 1 is 1.04 bits per heavy atom. The zero-order valence-electron chi connectivity index (χ0n) is 15.6. The van der Waals surface area contributed by atoms with Gasteiger partial charge in [-0.3, -0.25) is 9.36 Å². The average Bonchev–Trinajstić information content (AvgIpc) is 3.08. The number of ether oxygens (including phenoxy) is 1. The Bertz CT molecular complexity index is 960. The standard InChI is InChI=1S/C16H21O11P/c1-9(4-5-14(17)22-6-12-10(2)24-15(18)26-12)8-28(20,21)23-7-13-11(3)25-16(19)27-13/h9H,4-8H2,1-3H3,(H,20,21). The Hall–Kier alpha value is -2.36. The molecule has 2 heterocycles. The van der Waals surface area contributed by atoms with Crippen molar-refractivity contribution in [3.05, 3.63) is 44.3 Å². The second kappa shape index (κ2) is 9.22. The molecule has 0 spiro atoms. The summed E-state index contributed by atoms with van der Waals surface area (Å²) in [5.41, 5.74) is 0. The monoisotopic (exact) mass is 420 g/mol. The van der Waals surface area contributed by atoms with Crippen LogP contribution in [0.3, 0.4) is 0 Å². The van der Waals surface area contributed by atoms with Crippen molar-refractivity contribution in [2.24, 2.45) is 5.92 Å². The smallest absolute Gasteiger partial charge is 0.457 e. The molecule has 0 aliphatic heterocycles. The summed E-state index contributed by atoms with van der Waals surface area (Å²) in [6.45, 7) is 4.04. The zero-order chi connectivity index (χ0) is 20.9. The van der Waals surface area contributed by atoms with E-state index in [-0.39, 0.29) is 61.2 Å². The molecular weight excluding hydrogens is 399 g/mol. The van der Waals surface area contributed by atoms with Crippen LogP contribution in [0.25, 0.3) is 0 Å². The lowest BCUT2D eigenvalue weighted by Crippen LogP contribution is -2.10. The Balaban J connectivity index is 1.73. The molecule has 0 saturated carbocycles. The number of carbonyl (C=O) groups is 1. The Morgan fingerprint density at radius 2 is 1.57 bits per heavy atom. The minimum Gasteiger partial charge on any atom is -0.457 e. The highest BCUT2D eigenvalue weighted by molar-refractivity contribution is 7.52. The van der Waals surface area contributed by atoms with Crippen LogP contribution in [-0.2, 0) is 31.8 Å². The highest BCUT2D eigenvalue weighted by Gasteiger charge is 2.25. The lowest BCUT2D eigenvalue weighted by Gasteiger charge is -2.16. The van der Waals surface area contributed by atoms with E-state index in [4.69, 9.17) is 18.1 Å². The van der Waals surface area contributed by atoms with Crippen LogP contribution in [-0.4, -0.2) is 17.0 Å². The van der Waals surface area contributed by atoms with Gasteiger partial charge in [-0.15, -0.1) is 0 Å². The molecule has 2 aromatic heterocycles. The maximum absolute atomic E-state index is 12.1. The molecule has 2 aromatic rings. The molecule has 0 aromatic carbocycles. The SMILES string of the molecule is Cc1oc(=O)oc1COC(=O)CCC(C)CP(=O)(O)OCc1oc(=O)oc1C. The number of rotatable bonds is 10. The van der Waals surface area contributed by atoms with Gasteiger partial charge in [-0.25, -0.2) is 9.59 Å². The average molecular weight is 420 g/mol. The van der Waals surface area contributed by atoms with Crippen LogP contribution in [0.4, 0.5) is 0 Å². The van der Waals surface area contributed by atoms with E-state index in [0.29, 0.717) is 0 Å². The van der Waals surface area contributed by atoms with Crippen LogP contribution in [0.15, 0.2) is 27.3 Å². The molecule has 0 fully saturated rings. The van der Waals surface area contributed by atoms with Crippen LogP contribution >= 0.6 is 7.60 Å². The van der Waals surface area contributed by atoms with Crippen LogP contribution in [0.5, 0.6) is 0 Å². The largest absolute Gasteiger partial charge is 0.519 e. The highest BCUT2D eigenvalue weighted by Crippen LogP contribution is 2.45. The molecule has 0 radical (unpaired) electrons. The third-order valence-electron chi connectivity index (χ3n) is 3.82. The lowest BCUT2D eigenvalue weighted by molar-refractivity contribution is -0.145. The summed E-state index contributed by atoms with van der Waals surface area (Å²) in [6, 6.07) is 0. The van der Waals surface area contributed by atoms with Gasteiger partial charge >= 0.3 is 25.2 Å². The maximum atomic E-state index is 12.1. The van der Waals surface area contributed by atoms with Crippen LogP contribution < -0.4 is 11.6 Å². The fourth-order valence-corrected chi connectivity index (χ4v) is 3.69. The normalized spacial score (nSPS) is 14.6. The first-order valence-electron chi connectivity index (χ1n) is 8.36. The third kappa shape index (κ3) is 6.66. The summed E-state index contributed by atoms with van der Waals surface area (Å²) < 4.78 is 40.7. The van der Waals surface area contributed by atoms with Gasteiger partial charge in [0.25, 0.3) is 0 Å². The predicted octanol–water partition coefficient (Wildman–Crippen LogP) is 2.26. The second-order valence-electron chi connectivity index (χ2n) is 6.26. The van der Waals surface area contributed by atoms with Gasteiger partial charge in [0.2, 0.25) is 0 Å². The summed E-state index contributed by atoms with van der Waals surface area (Å²) in [5, 5.41) is 0. The molecule has 11 nitrogen and oxygen atoms in total.